The second-order valence-electron chi connectivity index (χ2n) is 5.14. The number of nitrogens with two attached hydrogens (primary N) is 2. The van der Waals surface area contributed by atoms with Gasteiger partial charge in [-0.2, -0.15) is 0 Å². The monoisotopic (exact) mass is 397 g/mol. The lowest BCUT2D eigenvalue weighted by Crippen LogP contribution is -2.13. The van der Waals surface area contributed by atoms with Gasteiger partial charge in [-0.05, 0) is 29.3 Å². The summed E-state index contributed by atoms with van der Waals surface area (Å²) < 4.78 is 11.2. The molecule has 0 radical (unpaired) electrons. The Hall–Kier alpha value is -2.21. The minimum atomic E-state index is 0. The first-order valence-electron chi connectivity index (χ1n) is 7.67. The first-order chi connectivity index (χ1) is 11.7. The van der Waals surface area contributed by atoms with Crippen molar-refractivity contribution in [3.05, 3.63) is 65.2 Å². The predicted octanol–water partition coefficient (Wildman–Crippen LogP) is 3.42. The summed E-state index contributed by atoms with van der Waals surface area (Å²) in [4.78, 5) is 3.99. The minimum absolute atomic E-state index is 0. The van der Waals surface area contributed by atoms with Gasteiger partial charge in [-0.3, -0.25) is 4.99 Å². The van der Waals surface area contributed by atoms with Gasteiger partial charge < -0.3 is 20.9 Å². The van der Waals surface area contributed by atoms with Crippen molar-refractivity contribution in [2.75, 3.05) is 20.7 Å². The highest BCUT2D eigenvalue weighted by Gasteiger charge is 2.08. The van der Waals surface area contributed by atoms with Crippen molar-refractivity contribution in [3.63, 3.8) is 0 Å². The van der Waals surface area contributed by atoms with Crippen LogP contribution < -0.4 is 20.9 Å². The number of halogens is 2. The van der Waals surface area contributed by atoms with E-state index in [9.17, 15) is 0 Å². The van der Waals surface area contributed by atoms with E-state index >= 15 is 0 Å². The predicted molar refractivity (Wildman–Crippen MR) is 113 cm³/mol. The largest absolute Gasteiger partial charge is 0.493 e. The van der Waals surface area contributed by atoms with Crippen LogP contribution in [0.5, 0.6) is 11.5 Å². The third kappa shape index (κ3) is 6.59. The van der Waals surface area contributed by atoms with Crippen molar-refractivity contribution in [2.24, 2.45) is 16.5 Å². The molecule has 0 saturated heterocycles. The number of rotatable bonds is 7. The summed E-state index contributed by atoms with van der Waals surface area (Å²) in [5.41, 5.74) is 14.3. The fourth-order valence-electron chi connectivity index (χ4n) is 2.17. The Kier molecular flexibility index (Phi) is 11.2. The summed E-state index contributed by atoms with van der Waals surface area (Å²) in [6.07, 6.45) is 3.91. The Balaban J connectivity index is 0.00000312. The summed E-state index contributed by atoms with van der Waals surface area (Å²) in [6.45, 7) is 0.967. The van der Waals surface area contributed by atoms with Gasteiger partial charge in [-0.1, -0.05) is 36.4 Å². The van der Waals surface area contributed by atoms with E-state index in [-0.39, 0.29) is 24.8 Å². The van der Waals surface area contributed by atoms with Gasteiger partial charge in [0.1, 0.15) is 12.4 Å². The zero-order valence-corrected chi connectivity index (χ0v) is 16.5. The lowest BCUT2D eigenvalue weighted by molar-refractivity contribution is 0.284. The van der Waals surface area contributed by atoms with E-state index in [4.69, 9.17) is 20.9 Å². The second kappa shape index (κ2) is 12.2. The molecule has 0 atom stereocenters. The second-order valence-corrected chi connectivity index (χ2v) is 5.14. The van der Waals surface area contributed by atoms with Gasteiger partial charge in [0.15, 0.2) is 11.5 Å². The van der Waals surface area contributed by atoms with Gasteiger partial charge in [0.2, 0.25) is 0 Å². The number of hydrogen-bond acceptors (Lipinski definition) is 4. The number of methoxy groups -OCH3 is 1. The molecule has 0 aliphatic carbocycles. The third-order valence-electron chi connectivity index (χ3n) is 3.52. The van der Waals surface area contributed by atoms with Gasteiger partial charge in [0.05, 0.1) is 7.11 Å². The topological polar surface area (TPSA) is 82.9 Å². The Morgan fingerprint density at radius 1 is 1.08 bits per heavy atom. The van der Waals surface area contributed by atoms with Crippen LogP contribution in [0, 0.1) is 0 Å². The molecule has 4 N–H and O–H groups in total. The molecule has 0 aromatic heterocycles. The maximum atomic E-state index is 5.90. The Bertz CT molecular complexity index is 732. The maximum absolute atomic E-state index is 5.90. The van der Waals surface area contributed by atoms with Crippen molar-refractivity contribution < 1.29 is 9.47 Å². The molecule has 0 aliphatic rings. The molecule has 26 heavy (non-hydrogen) atoms. The molecule has 2 aromatic carbocycles. The summed E-state index contributed by atoms with van der Waals surface area (Å²) in [5.74, 6) is 1.75. The van der Waals surface area contributed by atoms with Crippen molar-refractivity contribution in [3.8, 4) is 11.5 Å². The number of aliphatic imine (C=N–C) groups is 1. The molecule has 0 aliphatic heterocycles. The van der Waals surface area contributed by atoms with Crippen LogP contribution >= 0.6 is 24.8 Å². The fraction of sp³-hybridized carbons (Fsp3) is 0.211. The zero-order chi connectivity index (χ0) is 17.4. The summed E-state index contributed by atoms with van der Waals surface area (Å²) in [7, 11) is 3.26. The van der Waals surface area contributed by atoms with Crippen LogP contribution in [0.3, 0.4) is 0 Å². The first kappa shape index (κ1) is 23.8. The van der Waals surface area contributed by atoms with Crippen LogP contribution in [0.2, 0.25) is 0 Å². The molecule has 0 unspecified atom stereocenters. The van der Waals surface area contributed by atoms with Gasteiger partial charge >= 0.3 is 0 Å². The molecular weight excluding hydrogens is 373 g/mol. The van der Waals surface area contributed by atoms with Crippen molar-refractivity contribution in [2.45, 2.75) is 6.61 Å². The maximum Gasteiger partial charge on any atom is 0.162 e. The van der Waals surface area contributed by atoms with E-state index in [1.54, 1.807) is 14.2 Å². The van der Waals surface area contributed by atoms with Crippen LogP contribution in [0.15, 0.2) is 53.5 Å². The lowest BCUT2D eigenvalue weighted by atomic mass is 10.1. The lowest BCUT2D eigenvalue weighted by Gasteiger charge is -2.12. The van der Waals surface area contributed by atoms with Gasteiger partial charge in [-0.25, -0.2) is 0 Å². The Labute approximate surface area is 166 Å². The van der Waals surface area contributed by atoms with Crippen molar-refractivity contribution in [1.29, 1.82) is 0 Å². The average Bonchev–Trinajstić information content (AvgIpc) is 2.64. The van der Waals surface area contributed by atoms with Crippen molar-refractivity contribution in [1.82, 2.24) is 0 Å². The minimum Gasteiger partial charge on any atom is -0.493 e. The number of benzene rings is 2. The quantitative estimate of drug-likeness (QED) is 0.553. The highest BCUT2D eigenvalue weighted by molar-refractivity contribution is 5.97. The highest BCUT2D eigenvalue weighted by Crippen LogP contribution is 2.28. The normalized spacial score (nSPS) is 10.8. The van der Waals surface area contributed by atoms with Gasteiger partial charge in [-0.15, -0.1) is 24.8 Å². The molecule has 0 amide bonds. The van der Waals surface area contributed by atoms with Crippen LogP contribution in [0.4, 0.5) is 0 Å². The van der Waals surface area contributed by atoms with Crippen molar-refractivity contribution >= 4 is 36.7 Å². The van der Waals surface area contributed by atoms with E-state index in [1.165, 1.54) is 0 Å². The van der Waals surface area contributed by atoms with E-state index in [0.29, 0.717) is 30.5 Å². The molecule has 142 valence electrons. The smallest absolute Gasteiger partial charge is 0.162 e. The van der Waals surface area contributed by atoms with E-state index in [2.05, 4.69) is 4.99 Å². The number of ether oxygens (including phenoxy) is 2. The first-order valence-corrected chi connectivity index (χ1v) is 7.67. The number of hydrogen-bond donors (Lipinski definition) is 2. The van der Waals surface area contributed by atoms with Gasteiger partial charge in [0, 0.05) is 19.2 Å². The highest BCUT2D eigenvalue weighted by atomic mass is 35.5. The van der Waals surface area contributed by atoms with Crippen LogP contribution in [0.1, 0.15) is 16.7 Å². The molecular formula is C19H25Cl2N3O2. The van der Waals surface area contributed by atoms with Crippen LogP contribution in [0.25, 0.3) is 6.08 Å². The molecule has 5 nitrogen and oxygen atoms in total. The SMILES string of the molecule is CN=C(N)c1ccc(OC)c(OCc2ccc(/C=C/CN)cc2)c1.Cl.Cl. The summed E-state index contributed by atoms with van der Waals surface area (Å²) in [6, 6.07) is 13.6. The Morgan fingerprint density at radius 3 is 2.35 bits per heavy atom. The summed E-state index contributed by atoms with van der Waals surface area (Å²) >= 11 is 0. The zero-order valence-electron chi connectivity index (χ0n) is 14.8. The van der Waals surface area contributed by atoms with Crippen LogP contribution in [-0.4, -0.2) is 26.5 Å². The molecule has 2 rings (SSSR count). The van der Waals surface area contributed by atoms with Crippen LogP contribution in [-0.2, 0) is 6.61 Å². The fourth-order valence-corrected chi connectivity index (χ4v) is 2.17. The molecule has 0 saturated carbocycles. The van der Waals surface area contributed by atoms with Gasteiger partial charge in [0.25, 0.3) is 0 Å². The molecule has 7 heteroatoms. The molecule has 2 aromatic rings. The standard InChI is InChI=1S/C19H23N3O2.2ClH/c1-22-19(21)16-9-10-17(23-2)18(12-16)24-13-15-7-5-14(6-8-15)4-3-11-20;;/h3-10,12H,11,13,20H2,1-2H3,(H2,21,22);2*1H/b4-3+;;. The summed E-state index contributed by atoms with van der Waals surface area (Å²) in [5, 5.41) is 0. The average molecular weight is 398 g/mol. The Morgan fingerprint density at radius 2 is 1.77 bits per heavy atom. The van der Waals surface area contributed by atoms with E-state index < -0.39 is 0 Å². The third-order valence-corrected chi connectivity index (χ3v) is 3.52. The van der Waals surface area contributed by atoms with E-state index in [1.807, 2.05) is 54.6 Å². The molecule has 0 heterocycles. The molecule has 0 spiro atoms. The van der Waals surface area contributed by atoms with E-state index in [0.717, 1.165) is 16.7 Å². The molecule has 0 bridgehead atoms. The number of amidine groups is 1. The number of nitrogens with zero attached hydrogens (tertiary/aromatic N) is 1. The molecule has 0 fully saturated rings.